The zero-order chi connectivity index (χ0) is 16.6. The summed E-state index contributed by atoms with van der Waals surface area (Å²) in [5.74, 6) is -1.34. The number of rotatable bonds is 2. The van der Waals surface area contributed by atoms with Crippen LogP contribution in [0.15, 0.2) is 35.7 Å². The van der Waals surface area contributed by atoms with Crippen molar-refractivity contribution in [3.8, 4) is 17.7 Å². The lowest BCUT2D eigenvalue weighted by atomic mass is 9.84. The number of ether oxygens (including phenoxy) is 2. The number of aromatic amines is 1. The number of nitrogens with zero attached hydrogens (tertiary/aromatic N) is 2. The summed E-state index contributed by atoms with van der Waals surface area (Å²) in [6, 6.07) is 8.31. The Morgan fingerprint density at radius 2 is 2.35 bits per heavy atom. The van der Waals surface area contributed by atoms with Crippen LogP contribution in [0.3, 0.4) is 0 Å². The third kappa shape index (κ3) is 2.24. The van der Waals surface area contributed by atoms with Crippen molar-refractivity contribution in [2.75, 3.05) is 7.11 Å². The lowest BCUT2D eigenvalue weighted by Crippen LogP contribution is -2.22. The second kappa shape index (κ2) is 5.38. The summed E-state index contributed by atoms with van der Waals surface area (Å²) in [4.78, 5) is 11.9. The molecule has 0 saturated heterocycles. The van der Waals surface area contributed by atoms with Crippen LogP contribution in [0.4, 0.5) is 0 Å². The van der Waals surface area contributed by atoms with E-state index in [0.29, 0.717) is 11.1 Å². The lowest BCUT2D eigenvalue weighted by molar-refractivity contribution is 0.0592. The first kappa shape index (κ1) is 14.5. The van der Waals surface area contributed by atoms with Gasteiger partial charge in [0.15, 0.2) is 5.69 Å². The standard InChI is InChI=1S/C15H12N4O4/c1-22-15(21)12-11-10(7-3-2-4-8(20)5-7)9(6-16)13(17)23-14(11)19-18-12/h2-5,10,20H,17H2,1H3,(H,18,19). The number of phenolic OH excluding ortho intramolecular Hbond substituents is 1. The van der Waals surface area contributed by atoms with Gasteiger partial charge in [0.1, 0.15) is 17.4 Å². The number of aromatic nitrogens is 2. The Labute approximate surface area is 130 Å². The predicted molar refractivity (Wildman–Crippen MR) is 77.3 cm³/mol. The molecule has 2 aromatic rings. The van der Waals surface area contributed by atoms with Crippen molar-refractivity contribution in [3.63, 3.8) is 0 Å². The number of phenols is 1. The van der Waals surface area contributed by atoms with Crippen LogP contribution in [0.5, 0.6) is 11.6 Å². The van der Waals surface area contributed by atoms with E-state index in [2.05, 4.69) is 10.2 Å². The predicted octanol–water partition coefficient (Wildman–Crippen LogP) is 1.12. The molecule has 8 heteroatoms. The fraction of sp³-hybridized carbons (Fsp3) is 0.133. The van der Waals surface area contributed by atoms with E-state index in [9.17, 15) is 15.2 Å². The van der Waals surface area contributed by atoms with Gasteiger partial charge in [-0.1, -0.05) is 12.1 Å². The van der Waals surface area contributed by atoms with Gasteiger partial charge < -0.3 is 20.3 Å². The largest absolute Gasteiger partial charge is 0.508 e. The summed E-state index contributed by atoms with van der Waals surface area (Å²) in [5.41, 5.74) is 6.89. The van der Waals surface area contributed by atoms with E-state index in [-0.39, 0.29) is 28.8 Å². The highest BCUT2D eigenvalue weighted by Gasteiger charge is 2.37. The van der Waals surface area contributed by atoms with Crippen molar-refractivity contribution in [1.29, 1.82) is 5.26 Å². The van der Waals surface area contributed by atoms with E-state index in [4.69, 9.17) is 15.2 Å². The number of H-pyrrole nitrogens is 1. The van der Waals surface area contributed by atoms with Crippen molar-refractivity contribution < 1.29 is 19.4 Å². The van der Waals surface area contributed by atoms with Crippen LogP contribution in [-0.4, -0.2) is 28.4 Å². The van der Waals surface area contributed by atoms with Crippen molar-refractivity contribution in [2.45, 2.75) is 5.92 Å². The first-order valence-corrected chi connectivity index (χ1v) is 6.60. The summed E-state index contributed by atoms with van der Waals surface area (Å²) >= 11 is 0. The number of nitrogens with one attached hydrogen (secondary N) is 1. The molecule has 1 aromatic heterocycles. The molecule has 1 aliphatic heterocycles. The van der Waals surface area contributed by atoms with Crippen LogP contribution in [-0.2, 0) is 4.74 Å². The average Bonchev–Trinajstić information content (AvgIpc) is 2.96. The molecule has 1 aromatic carbocycles. The van der Waals surface area contributed by atoms with E-state index in [1.165, 1.54) is 19.2 Å². The molecule has 0 amide bonds. The number of esters is 1. The zero-order valence-electron chi connectivity index (χ0n) is 12.0. The molecule has 0 spiro atoms. The summed E-state index contributed by atoms with van der Waals surface area (Å²) in [7, 11) is 1.23. The molecule has 23 heavy (non-hydrogen) atoms. The van der Waals surface area contributed by atoms with Gasteiger partial charge in [-0.15, -0.1) is 5.10 Å². The van der Waals surface area contributed by atoms with Gasteiger partial charge >= 0.3 is 5.97 Å². The number of hydrogen-bond acceptors (Lipinski definition) is 7. The summed E-state index contributed by atoms with van der Waals surface area (Å²) in [6.07, 6.45) is 0. The first-order chi connectivity index (χ1) is 11.1. The van der Waals surface area contributed by atoms with E-state index < -0.39 is 11.9 Å². The molecular formula is C15H12N4O4. The van der Waals surface area contributed by atoms with Gasteiger partial charge in [-0.25, -0.2) is 4.79 Å². The van der Waals surface area contributed by atoms with E-state index in [1.807, 2.05) is 6.07 Å². The van der Waals surface area contributed by atoms with E-state index >= 15 is 0 Å². The van der Waals surface area contributed by atoms with Crippen LogP contribution in [0.1, 0.15) is 27.5 Å². The highest BCUT2D eigenvalue weighted by atomic mass is 16.5. The Bertz CT molecular complexity index is 863. The molecule has 0 radical (unpaired) electrons. The number of hydrogen-bond donors (Lipinski definition) is 3. The van der Waals surface area contributed by atoms with Crippen molar-refractivity contribution in [3.05, 3.63) is 52.5 Å². The van der Waals surface area contributed by atoms with E-state index in [0.717, 1.165) is 0 Å². The topological polar surface area (TPSA) is 134 Å². The number of allylic oxidation sites excluding steroid dienone is 1. The van der Waals surface area contributed by atoms with Crippen LogP contribution in [0.25, 0.3) is 0 Å². The van der Waals surface area contributed by atoms with Crippen LogP contribution >= 0.6 is 0 Å². The van der Waals surface area contributed by atoms with Gasteiger partial charge in [0.25, 0.3) is 0 Å². The summed E-state index contributed by atoms with van der Waals surface area (Å²) < 4.78 is 10.0. The minimum Gasteiger partial charge on any atom is -0.508 e. The number of benzene rings is 1. The average molecular weight is 312 g/mol. The fourth-order valence-corrected chi connectivity index (χ4v) is 2.54. The molecule has 2 heterocycles. The van der Waals surface area contributed by atoms with Gasteiger partial charge in [-0.3, -0.25) is 5.10 Å². The quantitative estimate of drug-likeness (QED) is 0.707. The minimum atomic E-state index is -0.705. The maximum Gasteiger partial charge on any atom is 0.356 e. The molecule has 1 atom stereocenters. The maximum absolute atomic E-state index is 11.9. The minimum absolute atomic E-state index is 0.0227. The first-order valence-electron chi connectivity index (χ1n) is 6.60. The molecule has 1 unspecified atom stereocenters. The number of carbonyl (C=O) groups is 1. The number of fused-ring (bicyclic) bond motifs is 1. The molecule has 3 rings (SSSR count). The summed E-state index contributed by atoms with van der Waals surface area (Å²) in [5, 5.41) is 25.6. The Hall–Kier alpha value is -3.47. The number of aromatic hydroxyl groups is 1. The van der Waals surface area contributed by atoms with Crippen molar-refractivity contribution in [1.82, 2.24) is 10.2 Å². The molecule has 0 aliphatic carbocycles. The normalized spacial score (nSPS) is 16.3. The second-order valence-corrected chi connectivity index (χ2v) is 4.83. The number of carbonyl (C=O) groups excluding carboxylic acids is 1. The van der Waals surface area contributed by atoms with Gasteiger partial charge in [-0.2, -0.15) is 5.26 Å². The SMILES string of the molecule is COC(=O)c1[nH]nc2c1C(c1cccc(O)c1)C(C#N)=C(N)O2. The Kier molecular flexibility index (Phi) is 3.38. The Balaban J connectivity index is 2.26. The highest BCUT2D eigenvalue weighted by Crippen LogP contribution is 2.43. The molecular weight excluding hydrogens is 300 g/mol. The third-order valence-corrected chi connectivity index (χ3v) is 3.53. The molecule has 116 valence electrons. The number of nitriles is 1. The van der Waals surface area contributed by atoms with E-state index in [1.54, 1.807) is 12.1 Å². The lowest BCUT2D eigenvalue weighted by Gasteiger charge is -2.23. The molecule has 4 N–H and O–H groups in total. The van der Waals surface area contributed by atoms with Gasteiger partial charge in [0.2, 0.25) is 11.8 Å². The molecule has 1 aliphatic rings. The molecule has 0 fully saturated rings. The molecule has 0 bridgehead atoms. The zero-order valence-corrected chi connectivity index (χ0v) is 12.0. The van der Waals surface area contributed by atoms with Crippen molar-refractivity contribution in [2.24, 2.45) is 5.73 Å². The second-order valence-electron chi connectivity index (χ2n) is 4.83. The smallest absolute Gasteiger partial charge is 0.356 e. The van der Waals surface area contributed by atoms with Crippen LogP contribution in [0.2, 0.25) is 0 Å². The van der Waals surface area contributed by atoms with Crippen LogP contribution < -0.4 is 10.5 Å². The van der Waals surface area contributed by atoms with Gasteiger partial charge in [-0.05, 0) is 17.7 Å². The van der Waals surface area contributed by atoms with Gasteiger partial charge in [0, 0.05) is 0 Å². The third-order valence-electron chi connectivity index (χ3n) is 3.53. The summed E-state index contributed by atoms with van der Waals surface area (Å²) in [6.45, 7) is 0. The van der Waals surface area contributed by atoms with Crippen LogP contribution in [0, 0.1) is 11.3 Å². The van der Waals surface area contributed by atoms with Gasteiger partial charge in [0.05, 0.1) is 18.6 Å². The Morgan fingerprint density at radius 3 is 3.00 bits per heavy atom. The monoisotopic (exact) mass is 312 g/mol. The molecule has 0 saturated carbocycles. The number of methoxy groups -OCH3 is 1. The Morgan fingerprint density at radius 1 is 1.57 bits per heavy atom. The highest BCUT2D eigenvalue weighted by molar-refractivity contribution is 5.90. The van der Waals surface area contributed by atoms with Crippen molar-refractivity contribution >= 4 is 5.97 Å². The fourth-order valence-electron chi connectivity index (χ4n) is 2.54. The maximum atomic E-state index is 11.9. The molecule has 8 nitrogen and oxygen atoms in total. The number of nitrogens with two attached hydrogens (primary N) is 1.